The van der Waals surface area contributed by atoms with Gasteiger partial charge in [-0.1, -0.05) is 19.1 Å². The number of ether oxygens (including phenoxy) is 2. The van der Waals surface area contributed by atoms with Gasteiger partial charge >= 0.3 is 5.97 Å². The van der Waals surface area contributed by atoms with E-state index in [1.807, 2.05) is 45.0 Å². The second-order valence-corrected chi connectivity index (χ2v) is 4.88. The monoisotopic (exact) mass is 236 g/mol. The van der Waals surface area contributed by atoms with Crippen molar-refractivity contribution in [3.63, 3.8) is 0 Å². The van der Waals surface area contributed by atoms with Gasteiger partial charge in [-0.15, -0.1) is 0 Å². The van der Waals surface area contributed by atoms with Crippen LogP contribution in [0.15, 0.2) is 24.3 Å². The van der Waals surface area contributed by atoms with Gasteiger partial charge in [0.1, 0.15) is 11.4 Å². The minimum Gasteiger partial charge on any atom is -0.482 e. The Morgan fingerprint density at radius 1 is 1.29 bits per heavy atom. The third-order valence-electron chi connectivity index (χ3n) is 2.08. The summed E-state index contributed by atoms with van der Waals surface area (Å²) in [4.78, 5) is 11.4. The van der Waals surface area contributed by atoms with Crippen LogP contribution in [0.2, 0.25) is 0 Å². The van der Waals surface area contributed by atoms with Crippen molar-refractivity contribution in [3.05, 3.63) is 29.8 Å². The van der Waals surface area contributed by atoms with Crippen molar-refractivity contribution in [2.75, 3.05) is 6.61 Å². The summed E-state index contributed by atoms with van der Waals surface area (Å²) in [6.07, 6.45) is 0.948. The smallest absolute Gasteiger partial charge is 0.344 e. The molecule has 0 heterocycles. The van der Waals surface area contributed by atoms with E-state index >= 15 is 0 Å². The van der Waals surface area contributed by atoms with Crippen LogP contribution in [0.3, 0.4) is 0 Å². The molecular weight excluding hydrogens is 216 g/mol. The van der Waals surface area contributed by atoms with Gasteiger partial charge in [0.2, 0.25) is 0 Å². The number of hydrogen-bond acceptors (Lipinski definition) is 3. The molecule has 3 heteroatoms. The molecule has 1 rings (SSSR count). The van der Waals surface area contributed by atoms with E-state index in [1.165, 1.54) is 5.56 Å². The molecule has 3 nitrogen and oxygen atoms in total. The lowest BCUT2D eigenvalue weighted by atomic mass is 10.2. The zero-order valence-corrected chi connectivity index (χ0v) is 10.9. The van der Waals surface area contributed by atoms with Crippen LogP contribution >= 0.6 is 0 Å². The molecule has 0 saturated carbocycles. The van der Waals surface area contributed by atoms with Gasteiger partial charge in [-0.2, -0.15) is 0 Å². The normalized spacial score (nSPS) is 11.1. The number of hydrogen-bond donors (Lipinski definition) is 0. The third kappa shape index (κ3) is 5.38. The molecule has 1 aromatic carbocycles. The molecule has 0 aliphatic heterocycles. The standard InChI is InChI=1S/C14H20O3/c1-5-11-7-6-8-12(9-11)16-10-13(15)17-14(2,3)4/h6-9H,5,10H2,1-4H3. The topological polar surface area (TPSA) is 35.5 Å². The number of aryl methyl sites for hydroxylation is 1. The first-order valence-corrected chi connectivity index (χ1v) is 5.84. The second kappa shape index (κ2) is 5.71. The van der Waals surface area contributed by atoms with Gasteiger partial charge in [-0.05, 0) is 44.9 Å². The minimum atomic E-state index is -0.467. The lowest BCUT2D eigenvalue weighted by Crippen LogP contribution is -2.27. The Morgan fingerprint density at radius 3 is 2.59 bits per heavy atom. The molecule has 0 fully saturated rings. The molecule has 0 atom stereocenters. The number of carbonyl (C=O) groups excluding carboxylic acids is 1. The molecule has 0 aliphatic rings. The van der Waals surface area contributed by atoms with Crippen molar-refractivity contribution >= 4 is 5.97 Å². The molecule has 0 unspecified atom stereocenters. The molecule has 0 saturated heterocycles. The summed E-state index contributed by atoms with van der Waals surface area (Å²) in [6.45, 7) is 7.53. The van der Waals surface area contributed by atoms with Gasteiger partial charge in [-0.3, -0.25) is 0 Å². The highest BCUT2D eigenvalue weighted by atomic mass is 16.6. The first-order valence-electron chi connectivity index (χ1n) is 5.84. The third-order valence-corrected chi connectivity index (χ3v) is 2.08. The summed E-state index contributed by atoms with van der Waals surface area (Å²) in [5.41, 5.74) is 0.720. The minimum absolute atomic E-state index is 0.0512. The Balaban J connectivity index is 2.47. The summed E-state index contributed by atoms with van der Waals surface area (Å²) in [7, 11) is 0. The first-order chi connectivity index (χ1) is 7.90. The largest absolute Gasteiger partial charge is 0.482 e. The zero-order valence-electron chi connectivity index (χ0n) is 10.9. The average molecular weight is 236 g/mol. The fourth-order valence-electron chi connectivity index (χ4n) is 1.37. The summed E-state index contributed by atoms with van der Waals surface area (Å²) >= 11 is 0. The number of benzene rings is 1. The summed E-state index contributed by atoms with van der Waals surface area (Å²) in [5.74, 6) is 0.356. The SMILES string of the molecule is CCc1cccc(OCC(=O)OC(C)(C)C)c1. The highest BCUT2D eigenvalue weighted by molar-refractivity contribution is 5.71. The molecule has 0 bridgehead atoms. The van der Waals surface area contributed by atoms with Crippen LogP contribution < -0.4 is 4.74 Å². The molecule has 1 aromatic rings. The van der Waals surface area contributed by atoms with E-state index in [1.54, 1.807) is 0 Å². The lowest BCUT2D eigenvalue weighted by Gasteiger charge is -2.19. The average Bonchev–Trinajstić information content (AvgIpc) is 2.24. The van der Waals surface area contributed by atoms with Crippen LogP contribution in [0.25, 0.3) is 0 Å². The van der Waals surface area contributed by atoms with Crippen molar-refractivity contribution < 1.29 is 14.3 Å². The summed E-state index contributed by atoms with van der Waals surface area (Å²) in [5, 5.41) is 0. The first kappa shape index (κ1) is 13.6. The maximum absolute atomic E-state index is 11.4. The highest BCUT2D eigenvalue weighted by Gasteiger charge is 2.16. The Bertz CT molecular complexity index is 377. The Labute approximate surface area is 103 Å². The Kier molecular flexibility index (Phi) is 4.55. The van der Waals surface area contributed by atoms with E-state index < -0.39 is 5.60 Å². The van der Waals surface area contributed by atoms with Gasteiger partial charge in [0, 0.05) is 0 Å². The highest BCUT2D eigenvalue weighted by Crippen LogP contribution is 2.14. The van der Waals surface area contributed by atoms with E-state index in [-0.39, 0.29) is 12.6 Å². The molecule has 0 amide bonds. The van der Waals surface area contributed by atoms with E-state index in [4.69, 9.17) is 9.47 Å². The maximum atomic E-state index is 11.4. The summed E-state index contributed by atoms with van der Waals surface area (Å²) in [6, 6.07) is 7.72. The van der Waals surface area contributed by atoms with Crippen LogP contribution in [0, 0.1) is 0 Å². The molecule has 0 radical (unpaired) electrons. The quantitative estimate of drug-likeness (QED) is 0.754. The van der Waals surface area contributed by atoms with E-state index in [0.29, 0.717) is 5.75 Å². The molecular formula is C14H20O3. The molecule has 0 aliphatic carbocycles. The second-order valence-electron chi connectivity index (χ2n) is 4.88. The Hall–Kier alpha value is -1.51. The van der Waals surface area contributed by atoms with Crippen molar-refractivity contribution in [1.82, 2.24) is 0 Å². The van der Waals surface area contributed by atoms with Crippen molar-refractivity contribution in [2.45, 2.75) is 39.7 Å². The van der Waals surface area contributed by atoms with Crippen molar-refractivity contribution in [2.24, 2.45) is 0 Å². The van der Waals surface area contributed by atoms with Gasteiger partial charge < -0.3 is 9.47 Å². The van der Waals surface area contributed by atoms with Crippen LogP contribution in [-0.2, 0) is 16.0 Å². The zero-order chi connectivity index (χ0) is 12.9. The fourth-order valence-corrected chi connectivity index (χ4v) is 1.37. The predicted octanol–water partition coefficient (Wildman–Crippen LogP) is 2.97. The van der Waals surface area contributed by atoms with Crippen LogP contribution in [0.1, 0.15) is 33.3 Å². The molecule has 17 heavy (non-hydrogen) atoms. The molecule has 0 spiro atoms. The van der Waals surface area contributed by atoms with Crippen LogP contribution in [0.4, 0.5) is 0 Å². The molecule has 0 N–H and O–H groups in total. The fraction of sp³-hybridized carbons (Fsp3) is 0.500. The van der Waals surface area contributed by atoms with E-state index in [0.717, 1.165) is 6.42 Å². The molecule has 0 aromatic heterocycles. The van der Waals surface area contributed by atoms with Crippen LogP contribution in [-0.4, -0.2) is 18.2 Å². The maximum Gasteiger partial charge on any atom is 0.344 e. The molecule has 94 valence electrons. The van der Waals surface area contributed by atoms with Gasteiger partial charge in [0.05, 0.1) is 0 Å². The van der Waals surface area contributed by atoms with E-state index in [2.05, 4.69) is 6.92 Å². The van der Waals surface area contributed by atoms with E-state index in [9.17, 15) is 4.79 Å². The van der Waals surface area contributed by atoms with Gasteiger partial charge in [0.15, 0.2) is 6.61 Å². The van der Waals surface area contributed by atoms with Gasteiger partial charge in [0.25, 0.3) is 0 Å². The number of rotatable bonds is 4. The van der Waals surface area contributed by atoms with Crippen LogP contribution in [0.5, 0.6) is 5.75 Å². The predicted molar refractivity (Wildman–Crippen MR) is 67.2 cm³/mol. The lowest BCUT2D eigenvalue weighted by molar-refractivity contribution is -0.157. The number of esters is 1. The van der Waals surface area contributed by atoms with Crippen molar-refractivity contribution in [3.8, 4) is 5.75 Å². The summed E-state index contributed by atoms with van der Waals surface area (Å²) < 4.78 is 10.5. The van der Waals surface area contributed by atoms with Gasteiger partial charge in [-0.25, -0.2) is 4.79 Å². The van der Waals surface area contributed by atoms with Crippen molar-refractivity contribution in [1.29, 1.82) is 0 Å². The number of carbonyl (C=O) groups is 1. The Morgan fingerprint density at radius 2 is 2.00 bits per heavy atom.